The first-order chi connectivity index (χ1) is 12.0. The van der Waals surface area contributed by atoms with Crippen molar-refractivity contribution >= 4 is 29.2 Å². The van der Waals surface area contributed by atoms with Crippen molar-refractivity contribution in [3.05, 3.63) is 29.8 Å². The average molecular weight is 347 g/mol. The summed E-state index contributed by atoms with van der Waals surface area (Å²) in [5.41, 5.74) is 3.92. The van der Waals surface area contributed by atoms with Gasteiger partial charge in [-0.2, -0.15) is 5.10 Å². The second kappa shape index (κ2) is 11.0. The summed E-state index contributed by atoms with van der Waals surface area (Å²) in [6, 6.07) is 6.09. The lowest BCUT2D eigenvalue weighted by Crippen LogP contribution is -2.33. The Morgan fingerprint density at radius 2 is 1.56 bits per heavy atom. The second-order valence-electron chi connectivity index (χ2n) is 5.37. The Balaban J connectivity index is 2.61. The fourth-order valence-corrected chi connectivity index (χ4v) is 2.09. The Kier molecular flexibility index (Phi) is 8.92. The number of ether oxygens (including phenoxy) is 1. The topological polar surface area (TPSA) is 96.9 Å². The van der Waals surface area contributed by atoms with Gasteiger partial charge >= 0.3 is 17.8 Å². The first-order valence-electron chi connectivity index (χ1n) is 8.45. The van der Waals surface area contributed by atoms with Gasteiger partial charge in [-0.3, -0.25) is 9.59 Å². The number of hydrogen-bond acceptors (Lipinski definition) is 5. The van der Waals surface area contributed by atoms with E-state index in [0.717, 1.165) is 31.4 Å². The summed E-state index contributed by atoms with van der Waals surface area (Å²) in [7, 11) is 0. The molecule has 1 aromatic rings. The van der Waals surface area contributed by atoms with Gasteiger partial charge in [0.05, 0.1) is 12.2 Å². The van der Waals surface area contributed by atoms with Gasteiger partial charge in [0.2, 0.25) is 0 Å². The minimum Gasteiger partial charge on any atom is -0.462 e. The summed E-state index contributed by atoms with van der Waals surface area (Å²) in [4.78, 5) is 35.2. The molecule has 0 aliphatic carbocycles. The van der Waals surface area contributed by atoms with Crippen molar-refractivity contribution in [1.82, 2.24) is 5.43 Å². The molecule has 0 saturated heterocycles. The molecule has 0 aliphatic heterocycles. The number of carbonyl (C=O) groups is 3. The van der Waals surface area contributed by atoms with Crippen LogP contribution < -0.4 is 10.7 Å². The number of rotatable bonds is 8. The maximum absolute atomic E-state index is 11.9. The van der Waals surface area contributed by atoms with Crippen molar-refractivity contribution in [2.75, 3.05) is 11.9 Å². The van der Waals surface area contributed by atoms with Crippen LogP contribution >= 0.6 is 0 Å². The van der Waals surface area contributed by atoms with E-state index in [1.807, 2.05) is 13.8 Å². The number of esters is 1. The number of nitrogens with zero attached hydrogens (tertiary/aromatic N) is 1. The molecule has 2 amide bonds. The van der Waals surface area contributed by atoms with Gasteiger partial charge in [-0.05, 0) is 44.0 Å². The molecule has 0 unspecified atom stereocenters. The van der Waals surface area contributed by atoms with Gasteiger partial charge in [-0.1, -0.05) is 26.7 Å². The van der Waals surface area contributed by atoms with Crippen LogP contribution in [0.25, 0.3) is 0 Å². The van der Waals surface area contributed by atoms with E-state index in [-0.39, 0.29) is 6.61 Å². The Morgan fingerprint density at radius 3 is 2.08 bits per heavy atom. The molecule has 25 heavy (non-hydrogen) atoms. The number of carbonyl (C=O) groups excluding carboxylic acids is 3. The third-order valence-corrected chi connectivity index (χ3v) is 3.25. The Hall–Kier alpha value is -2.70. The van der Waals surface area contributed by atoms with E-state index < -0.39 is 17.8 Å². The zero-order chi connectivity index (χ0) is 18.7. The Bertz CT molecular complexity index is 616. The quantitative estimate of drug-likeness (QED) is 0.327. The zero-order valence-electron chi connectivity index (χ0n) is 14.9. The molecule has 0 saturated carbocycles. The summed E-state index contributed by atoms with van der Waals surface area (Å²) < 4.78 is 4.88. The van der Waals surface area contributed by atoms with Crippen molar-refractivity contribution in [3.8, 4) is 0 Å². The van der Waals surface area contributed by atoms with E-state index in [1.54, 1.807) is 6.92 Å². The maximum Gasteiger partial charge on any atom is 0.338 e. The number of hydrogen-bond donors (Lipinski definition) is 2. The largest absolute Gasteiger partial charge is 0.462 e. The molecule has 7 nitrogen and oxygen atoms in total. The van der Waals surface area contributed by atoms with Crippen LogP contribution in [0.2, 0.25) is 0 Å². The van der Waals surface area contributed by atoms with E-state index in [9.17, 15) is 14.4 Å². The van der Waals surface area contributed by atoms with E-state index in [4.69, 9.17) is 4.74 Å². The lowest BCUT2D eigenvalue weighted by atomic mass is 10.1. The van der Waals surface area contributed by atoms with Gasteiger partial charge in [0.25, 0.3) is 0 Å². The molecule has 0 bridgehead atoms. The van der Waals surface area contributed by atoms with Crippen LogP contribution in [-0.4, -0.2) is 30.1 Å². The molecule has 0 atom stereocenters. The summed E-state index contributed by atoms with van der Waals surface area (Å²) >= 11 is 0. The first kappa shape index (κ1) is 20.3. The van der Waals surface area contributed by atoms with Crippen molar-refractivity contribution in [1.29, 1.82) is 0 Å². The molecule has 1 rings (SSSR count). The summed E-state index contributed by atoms with van der Waals surface area (Å²) in [6.07, 6.45) is 3.41. The highest BCUT2D eigenvalue weighted by Crippen LogP contribution is 2.10. The van der Waals surface area contributed by atoms with Crippen molar-refractivity contribution < 1.29 is 19.1 Å². The van der Waals surface area contributed by atoms with E-state index in [0.29, 0.717) is 11.3 Å². The highest BCUT2D eigenvalue weighted by molar-refractivity contribution is 6.39. The normalized spacial score (nSPS) is 9.88. The van der Waals surface area contributed by atoms with Crippen LogP contribution in [0, 0.1) is 0 Å². The minimum absolute atomic E-state index is 0.288. The van der Waals surface area contributed by atoms with Crippen LogP contribution in [0.15, 0.2) is 29.4 Å². The number of amides is 2. The van der Waals surface area contributed by atoms with E-state index in [2.05, 4.69) is 15.8 Å². The zero-order valence-corrected chi connectivity index (χ0v) is 14.9. The number of nitrogens with one attached hydrogen (secondary N) is 2. The SMILES string of the molecule is CCCC(CCC)=NNC(=O)C(=O)Nc1ccc(C(=O)OCC)cc1. The van der Waals surface area contributed by atoms with Gasteiger partial charge in [0, 0.05) is 11.4 Å². The molecule has 0 aliphatic rings. The van der Waals surface area contributed by atoms with Crippen LogP contribution in [0.3, 0.4) is 0 Å². The van der Waals surface area contributed by atoms with E-state index in [1.165, 1.54) is 24.3 Å². The monoisotopic (exact) mass is 347 g/mol. The summed E-state index contributed by atoms with van der Waals surface area (Å²) in [6.45, 7) is 6.06. The second-order valence-corrected chi connectivity index (χ2v) is 5.37. The van der Waals surface area contributed by atoms with Crippen LogP contribution in [0.5, 0.6) is 0 Å². The van der Waals surface area contributed by atoms with Gasteiger partial charge in [-0.25, -0.2) is 10.2 Å². The third-order valence-electron chi connectivity index (χ3n) is 3.25. The third kappa shape index (κ3) is 7.15. The van der Waals surface area contributed by atoms with Gasteiger partial charge in [0.1, 0.15) is 0 Å². The number of benzene rings is 1. The molecule has 0 heterocycles. The molecule has 0 spiro atoms. The first-order valence-corrected chi connectivity index (χ1v) is 8.45. The molecule has 0 radical (unpaired) electrons. The number of anilines is 1. The molecular formula is C18H25N3O4. The lowest BCUT2D eigenvalue weighted by molar-refractivity contribution is -0.136. The maximum atomic E-state index is 11.9. The highest BCUT2D eigenvalue weighted by atomic mass is 16.5. The number of hydrazone groups is 1. The Labute approximate surface area is 147 Å². The van der Waals surface area contributed by atoms with Gasteiger partial charge in [-0.15, -0.1) is 0 Å². The summed E-state index contributed by atoms with van der Waals surface area (Å²) in [5.74, 6) is -2.09. The molecule has 1 aromatic carbocycles. The molecule has 7 heteroatoms. The molecule has 0 aromatic heterocycles. The van der Waals surface area contributed by atoms with Crippen LogP contribution in [0.4, 0.5) is 5.69 Å². The predicted octanol–water partition coefficient (Wildman–Crippen LogP) is 2.87. The molecule has 2 N–H and O–H groups in total. The highest BCUT2D eigenvalue weighted by Gasteiger charge is 2.14. The van der Waals surface area contributed by atoms with Gasteiger partial charge < -0.3 is 10.1 Å². The summed E-state index contributed by atoms with van der Waals surface area (Å²) in [5, 5.41) is 6.47. The van der Waals surface area contributed by atoms with Crippen LogP contribution in [0.1, 0.15) is 56.8 Å². The van der Waals surface area contributed by atoms with Crippen molar-refractivity contribution in [2.45, 2.75) is 46.5 Å². The van der Waals surface area contributed by atoms with Crippen LogP contribution in [-0.2, 0) is 14.3 Å². The van der Waals surface area contributed by atoms with Crippen molar-refractivity contribution in [2.24, 2.45) is 5.10 Å². The van der Waals surface area contributed by atoms with E-state index >= 15 is 0 Å². The molecule has 136 valence electrons. The minimum atomic E-state index is -0.834. The predicted molar refractivity (Wildman–Crippen MR) is 96.4 cm³/mol. The standard InChI is InChI=1S/C18H25N3O4/c1-4-7-15(8-5-2)20-21-17(23)16(22)19-14-11-9-13(10-12-14)18(24)25-6-3/h9-12H,4-8H2,1-3H3,(H,19,22)(H,21,23). The lowest BCUT2D eigenvalue weighted by Gasteiger charge is -2.07. The molecular weight excluding hydrogens is 322 g/mol. The molecule has 0 fully saturated rings. The fourth-order valence-electron chi connectivity index (χ4n) is 2.09. The smallest absolute Gasteiger partial charge is 0.338 e. The Morgan fingerprint density at radius 1 is 0.960 bits per heavy atom. The van der Waals surface area contributed by atoms with Gasteiger partial charge in [0.15, 0.2) is 0 Å². The average Bonchev–Trinajstić information content (AvgIpc) is 2.60. The van der Waals surface area contributed by atoms with Crippen molar-refractivity contribution in [3.63, 3.8) is 0 Å². The fraction of sp³-hybridized carbons (Fsp3) is 0.444.